The summed E-state index contributed by atoms with van der Waals surface area (Å²) in [5.74, 6) is -2.32. The number of aromatic nitrogens is 1. The minimum absolute atomic E-state index is 0.118. The number of rotatable bonds is 9. The number of amides is 4. The lowest BCUT2D eigenvalue weighted by Gasteiger charge is -2.49. The molecule has 1 saturated carbocycles. The first-order chi connectivity index (χ1) is 22.0. The Morgan fingerprint density at radius 2 is 1.65 bits per heavy atom. The van der Waals surface area contributed by atoms with Crippen LogP contribution in [0.25, 0.3) is 0 Å². The molecule has 3 fully saturated rings. The summed E-state index contributed by atoms with van der Waals surface area (Å²) in [7, 11) is 4.20. The molecule has 0 atom stereocenters. The predicted molar refractivity (Wildman–Crippen MR) is 168 cm³/mol. The average molecular weight is 634 g/mol. The summed E-state index contributed by atoms with van der Waals surface area (Å²) < 4.78 is 34.9. The molecule has 3 N–H and O–H groups in total. The zero-order valence-electron chi connectivity index (χ0n) is 25.8. The molecule has 3 heterocycles. The van der Waals surface area contributed by atoms with E-state index < -0.39 is 28.9 Å². The van der Waals surface area contributed by atoms with Crippen LogP contribution in [0.15, 0.2) is 60.8 Å². The highest BCUT2D eigenvalue weighted by Gasteiger charge is 2.57. The lowest BCUT2D eigenvalue weighted by atomic mass is 9.97. The first kappa shape index (κ1) is 31.4. The van der Waals surface area contributed by atoms with Crippen LogP contribution in [-0.2, 0) is 9.59 Å². The van der Waals surface area contributed by atoms with Crippen molar-refractivity contribution in [3.8, 4) is 11.5 Å². The van der Waals surface area contributed by atoms with Crippen molar-refractivity contribution in [3.63, 3.8) is 0 Å². The molecule has 2 aromatic carbocycles. The number of carbonyl (C=O) groups excluding carboxylic acids is 3. The van der Waals surface area contributed by atoms with Crippen LogP contribution in [0.3, 0.4) is 0 Å². The van der Waals surface area contributed by atoms with Crippen LogP contribution in [0.2, 0.25) is 0 Å². The highest BCUT2D eigenvalue weighted by atomic mass is 19.1. The van der Waals surface area contributed by atoms with Crippen LogP contribution in [0.5, 0.6) is 11.5 Å². The van der Waals surface area contributed by atoms with Gasteiger partial charge in [0.05, 0.1) is 5.69 Å². The number of ether oxygens (including phenoxy) is 1. The monoisotopic (exact) mass is 633 g/mol. The van der Waals surface area contributed by atoms with Crippen molar-refractivity contribution in [2.75, 3.05) is 50.5 Å². The number of likely N-dealkylation sites (N-methyl/N-ethyl adjacent to an activating group) is 1. The van der Waals surface area contributed by atoms with Crippen molar-refractivity contribution in [1.82, 2.24) is 19.7 Å². The van der Waals surface area contributed by atoms with E-state index in [-0.39, 0.29) is 47.6 Å². The molecule has 0 spiro atoms. The largest absolute Gasteiger partial charge is 0.454 e. The summed E-state index contributed by atoms with van der Waals surface area (Å²) >= 11 is 0. The summed E-state index contributed by atoms with van der Waals surface area (Å²) in [5, 5.41) is 2.81. The van der Waals surface area contributed by atoms with Crippen molar-refractivity contribution in [1.29, 1.82) is 0 Å². The number of carbonyl (C=O) groups is 3. The second kappa shape index (κ2) is 12.6. The molecule has 2 aliphatic heterocycles. The van der Waals surface area contributed by atoms with Gasteiger partial charge in [-0.1, -0.05) is 0 Å². The number of nitrogens with zero attached hydrogens (tertiary/aromatic N) is 5. The summed E-state index contributed by atoms with van der Waals surface area (Å²) in [6.45, 7) is 3.41. The zero-order valence-corrected chi connectivity index (χ0v) is 25.8. The number of urea groups is 1. The molecule has 3 aliphatic rings. The molecule has 13 heteroatoms. The van der Waals surface area contributed by atoms with Crippen LogP contribution >= 0.6 is 0 Å². The van der Waals surface area contributed by atoms with E-state index in [1.165, 1.54) is 54.7 Å². The van der Waals surface area contributed by atoms with Gasteiger partial charge in [-0.15, -0.1) is 0 Å². The number of piperidine rings is 1. The van der Waals surface area contributed by atoms with E-state index in [1.54, 1.807) is 4.90 Å². The molecule has 46 heavy (non-hydrogen) atoms. The number of hydrogen-bond donors (Lipinski definition) is 2. The number of hydrogen-bond acceptors (Lipinski definition) is 7. The molecule has 3 aromatic rings. The fourth-order valence-corrected chi connectivity index (χ4v) is 6.00. The van der Waals surface area contributed by atoms with Crippen molar-refractivity contribution in [3.05, 3.63) is 72.4 Å². The maximum atomic E-state index is 15.4. The maximum absolute atomic E-state index is 15.4. The van der Waals surface area contributed by atoms with Gasteiger partial charge in [-0.05, 0) is 82.2 Å². The molecule has 242 valence electrons. The van der Waals surface area contributed by atoms with E-state index in [4.69, 9.17) is 10.5 Å². The minimum Gasteiger partial charge on any atom is -0.454 e. The maximum Gasteiger partial charge on any atom is 0.323 e. The van der Waals surface area contributed by atoms with E-state index in [2.05, 4.69) is 34.2 Å². The topological polar surface area (TPSA) is 124 Å². The third-order valence-corrected chi connectivity index (χ3v) is 9.18. The van der Waals surface area contributed by atoms with E-state index in [1.807, 2.05) is 0 Å². The van der Waals surface area contributed by atoms with E-state index in [0.29, 0.717) is 25.2 Å². The van der Waals surface area contributed by atoms with Crippen molar-refractivity contribution in [2.45, 2.75) is 37.8 Å². The number of nitrogens with two attached hydrogens (primary N) is 1. The first-order valence-electron chi connectivity index (χ1n) is 15.3. The highest BCUT2D eigenvalue weighted by Crippen LogP contribution is 2.49. The lowest BCUT2D eigenvalue weighted by Crippen LogP contribution is -2.62. The van der Waals surface area contributed by atoms with Gasteiger partial charge in [0, 0.05) is 62.3 Å². The Hall–Kier alpha value is -4.62. The Morgan fingerprint density at radius 1 is 0.978 bits per heavy atom. The average Bonchev–Trinajstić information content (AvgIpc) is 3.82. The molecule has 0 unspecified atom stereocenters. The summed E-state index contributed by atoms with van der Waals surface area (Å²) in [4.78, 5) is 50.5. The first-order valence-corrected chi connectivity index (χ1v) is 15.3. The minimum atomic E-state index is -1.39. The quantitative estimate of drug-likeness (QED) is 0.337. The van der Waals surface area contributed by atoms with Crippen molar-refractivity contribution >= 4 is 35.0 Å². The number of halogens is 2. The third-order valence-electron chi connectivity index (χ3n) is 9.18. The fourth-order valence-electron chi connectivity index (χ4n) is 6.00. The van der Waals surface area contributed by atoms with Gasteiger partial charge in [0.25, 0.3) is 0 Å². The molecule has 0 radical (unpaired) electrons. The third kappa shape index (κ3) is 6.38. The van der Waals surface area contributed by atoms with E-state index in [0.717, 1.165) is 36.9 Å². The van der Waals surface area contributed by atoms with Gasteiger partial charge in [0.15, 0.2) is 11.6 Å². The molecular formula is C33H37F2N7O4. The normalized spacial score (nSPS) is 18.2. The van der Waals surface area contributed by atoms with Crippen molar-refractivity contribution in [2.24, 2.45) is 11.1 Å². The Balaban J connectivity index is 1.10. The second-order valence-electron chi connectivity index (χ2n) is 12.4. The van der Waals surface area contributed by atoms with Gasteiger partial charge in [-0.3, -0.25) is 24.7 Å². The molecule has 4 amide bonds. The van der Waals surface area contributed by atoms with Gasteiger partial charge in [-0.25, -0.2) is 18.6 Å². The Morgan fingerprint density at radius 3 is 2.26 bits per heavy atom. The second-order valence-corrected chi connectivity index (χ2v) is 12.4. The Kier molecular flexibility index (Phi) is 8.62. The molecule has 2 saturated heterocycles. The van der Waals surface area contributed by atoms with E-state index in [9.17, 15) is 18.8 Å². The van der Waals surface area contributed by atoms with E-state index >= 15 is 4.39 Å². The van der Waals surface area contributed by atoms with Gasteiger partial charge < -0.3 is 20.3 Å². The standard InChI is InChI=1S/C33H37F2N7O4/c1-39(2)25-19-41(20-25)22-10-15-40(16-11-22)32(45)38-29-18-26(9-14-37-29)46-28-8-7-24(17-27(28)35)42(23-5-3-21(34)4-6-23)31(44)33(12-13-33)30(36)43/h3-9,14,17-18,22,25H,10-13,15-16,19-20H2,1-2H3,(H2,36,43)(H,37,38,45). The summed E-state index contributed by atoms with van der Waals surface area (Å²) in [6.07, 6.45) is 3.82. The smallest absolute Gasteiger partial charge is 0.323 e. The number of pyridine rings is 1. The molecule has 6 rings (SSSR count). The molecule has 11 nitrogen and oxygen atoms in total. The number of primary amides is 1. The fraction of sp³-hybridized carbons (Fsp3) is 0.394. The SMILES string of the molecule is CN(C)C1CN(C2CCN(C(=O)Nc3cc(Oc4ccc(N(C(=O)C5(C(N)=O)CC5)c5ccc(F)cc5)cc4F)ccn3)CC2)C1. The van der Waals surface area contributed by atoms with Crippen LogP contribution in [0.1, 0.15) is 25.7 Å². The van der Waals surface area contributed by atoms with Gasteiger partial charge in [-0.2, -0.15) is 0 Å². The van der Waals surface area contributed by atoms with Crippen LogP contribution in [0, 0.1) is 17.0 Å². The summed E-state index contributed by atoms with van der Waals surface area (Å²) in [6, 6.07) is 12.8. The summed E-state index contributed by atoms with van der Waals surface area (Å²) in [5.41, 5.74) is 4.52. The zero-order chi connectivity index (χ0) is 32.6. The number of benzene rings is 2. The van der Waals surface area contributed by atoms with Crippen LogP contribution in [0.4, 0.5) is 30.8 Å². The Labute approximate surface area is 265 Å². The highest BCUT2D eigenvalue weighted by molar-refractivity contribution is 6.16. The van der Waals surface area contributed by atoms with Crippen LogP contribution < -0.4 is 20.7 Å². The molecule has 1 aromatic heterocycles. The molecule has 1 aliphatic carbocycles. The number of anilines is 3. The van der Waals surface area contributed by atoms with Gasteiger partial charge in [0.1, 0.15) is 22.8 Å². The number of nitrogens with one attached hydrogen (secondary N) is 1. The molecule has 0 bridgehead atoms. The van der Waals surface area contributed by atoms with Gasteiger partial charge in [0.2, 0.25) is 11.8 Å². The lowest BCUT2D eigenvalue weighted by molar-refractivity contribution is -0.133. The molecular weight excluding hydrogens is 596 g/mol. The predicted octanol–water partition coefficient (Wildman–Crippen LogP) is 4.32. The van der Waals surface area contributed by atoms with Crippen molar-refractivity contribution < 1.29 is 27.9 Å². The Bertz CT molecular complexity index is 1620. The number of likely N-dealkylation sites (tertiary alicyclic amines) is 2. The van der Waals surface area contributed by atoms with Crippen LogP contribution in [-0.4, -0.2) is 89.9 Å². The van der Waals surface area contributed by atoms with Gasteiger partial charge >= 0.3 is 6.03 Å².